The van der Waals surface area contributed by atoms with Gasteiger partial charge in [-0.1, -0.05) is 13.3 Å². The number of amides is 3. The first-order valence-electron chi connectivity index (χ1n) is 8.13. The average molecular weight is 342 g/mol. The van der Waals surface area contributed by atoms with Gasteiger partial charge in [0.05, 0.1) is 11.1 Å². The second-order valence-corrected chi connectivity index (χ2v) is 6.04. The van der Waals surface area contributed by atoms with E-state index >= 15 is 0 Å². The molecular weight excluding hydrogens is 324 g/mol. The number of hydrogen-bond donors (Lipinski definition) is 1. The SMILES string of the molecule is CCCCC(=O)Nc1ccc2c(c1)C(=O)N(C1C=C(C)C(=O)O1)C2=O. The van der Waals surface area contributed by atoms with Gasteiger partial charge in [-0.15, -0.1) is 0 Å². The van der Waals surface area contributed by atoms with Crippen molar-refractivity contribution in [3.05, 3.63) is 41.0 Å². The molecule has 2 aliphatic heterocycles. The molecule has 7 nitrogen and oxygen atoms in total. The van der Waals surface area contributed by atoms with E-state index in [4.69, 9.17) is 4.74 Å². The quantitative estimate of drug-likeness (QED) is 0.654. The van der Waals surface area contributed by atoms with Gasteiger partial charge in [-0.2, -0.15) is 0 Å². The zero-order chi connectivity index (χ0) is 18.1. The summed E-state index contributed by atoms with van der Waals surface area (Å²) in [5, 5.41) is 2.72. The highest BCUT2D eigenvalue weighted by atomic mass is 16.6. The highest BCUT2D eigenvalue weighted by Crippen LogP contribution is 2.30. The molecule has 0 bridgehead atoms. The maximum absolute atomic E-state index is 12.6. The lowest BCUT2D eigenvalue weighted by Gasteiger charge is -2.19. The summed E-state index contributed by atoms with van der Waals surface area (Å²) in [7, 11) is 0. The van der Waals surface area contributed by atoms with E-state index in [0.29, 0.717) is 17.7 Å². The number of carbonyl (C=O) groups excluding carboxylic acids is 4. The van der Waals surface area contributed by atoms with Crippen molar-refractivity contribution in [2.24, 2.45) is 0 Å². The summed E-state index contributed by atoms with van der Waals surface area (Å²) >= 11 is 0. The summed E-state index contributed by atoms with van der Waals surface area (Å²) in [4.78, 5) is 49.3. The average Bonchev–Trinajstić information content (AvgIpc) is 3.02. The van der Waals surface area contributed by atoms with Crippen LogP contribution in [0.1, 0.15) is 53.8 Å². The van der Waals surface area contributed by atoms with E-state index in [9.17, 15) is 19.2 Å². The van der Waals surface area contributed by atoms with Crippen LogP contribution in [0, 0.1) is 0 Å². The van der Waals surface area contributed by atoms with Gasteiger partial charge in [0.1, 0.15) is 0 Å². The van der Waals surface area contributed by atoms with Crippen LogP contribution < -0.4 is 5.32 Å². The van der Waals surface area contributed by atoms with Gasteiger partial charge in [0, 0.05) is 17.7 Å². The van der Waals surface area contributed by atoms with Crippen LogP contribution >= 0.6 is 0 Å². The fourth-order valence-corrected chi connectivity index (χ4v) is 2.77. The number of fused-ring (bicyclic) bond motifs is 1. The van der Waals surface area contributed by atoms with Gasteiger partial charge in [-0.25, -0.2) is 9.69 Å². The van der Waals surface area contributed by atoms with Crippen molar-refractivity contribution < 1.29 is 23.9 Å². The second-order valence-electron chi connectivity index (χ2n) is 6.04. The second kappa shape index (κ2) is 6.51. The molecule has 0 saturated heterocycles. The number of unbranched alkanes of at least 4 members (excludes halogenated alkanes) is 1. The molecule has 1 unspecified atom stereocenters. The van der Waals surface area contributed by atoms with Crippen molar-refractivity contribution in [3.63, 3.8) is 0 Å². The Bertz CT molecular complexity index is 812. The molecule has 1 aromatic carbocycles. The van der Waals surface area contributed by atoms with Crippen LogP contribution in [-0.2, 0) is 14.3 Å². The Kier molecular flexibility index (Phi) is 4.39. The Labute approximate surface area is 144 Å². The van der Waals surface area contributed by atoms with Crippen LogP contribution in [0.3, 0.4) is 0 Å². The van der Waals surface area contributed by atoms with Crippen LogP contribution in [0.4, 0.5) is 5.69 Å². The monoisotopic (exact) mass is 342 g/mol. The number of benzene rings is 1. The van der Waals surface area contributed by atoms with Crippen LogP contribution in [-0.4, -0.2) is 34.8 Å². The summed E-state index contributed by atoms with van der Waals surface area (Å²) < 4.78 is 5.05. The number of imide groups is 1. The Hall–Kier alpha value is -2.96. The molecule has 0 spiro atoms. The fraction of sp³-hybridized carbons (Fsp3) is 0.333. The molecule has 25 heavy (non-hydrogen) atoms. The molecule has 0 saturated carbocycles. The van der Waals surface area contributed by atoms with E-state index in [-0.39, 0.29) is 17.0 Å². The standard InChI is InChI=1S/C18H18N2O5/c1-3-4-5-14(21)19-11-6-7-12-13(9-11)17(23)20(16(12)22)15-8-10(2)18(24)25-15/h6-9,15H,3-5H2,1-2H3,(H,19,21). The van der Waals surface area contributed by atoms with Gasteiger partial charge in [-0.3, -0.25) is 14.4 Å². The van der Waals surface area contributed by atoms with E-state index in [2.05, 4.69) is 5.32 Å². The molecule has 130 valence electrons. The van der Waals surface area contributed by atoms with E-state index in [1.54, 1.807) is 13.0 Å². The van der Waals surface area contributed by atoms with E-state index < -0.39 is 24.0 Å². The summed E-state index contributed by atoms with van der Waals surface area (Å²) in [6, 6.07) is 4.56. The smallest absolute Gasteiger partial charge is 0.335 e. The largest absolute Gasteiger partial charge is 0.434 e. The minimum atomic E-state index is -1.03. The Balaban J connectivity index is 1.81. The molecule has 2 aliphatic rings. The minimum Gasteiger partial charge on any atom is -0.434 e. The summed E-state index contributed by atoms with van der Waals surface area (Å²) in [6.45, 7) is 3.55. The first-order valence-corrected chi connectivity index (χ1v) is 8.13. The summed E-state index contributed by atoms with van der Waals surface area (Å²) in [6.07, 6.45) is 2.50. The van der Waals surface area contributed by atoms with Crippen molar-refractivity contribution in [2.45, 2.75) is 39.3 Å². The zero-order valence-electron chi connectivity index (χ0n) is 14.0. The topological polar surface area (TPSA) is 92.8 Å². The minimum absolute atomic E-state index is 0.140. The highest BCUT2D eigenvalue weighted by Gasteiger charge is 2.43. The van der Waals surface area contributed by atoms with Crippen molar-refractivity contribution in [2.75, 3.05) is 5.32 Å². The number of cyclic esters (lactones) is 1. The number of rotatable bonds is 5. The first-order chi connectivity index (χ1) is 11.9. The first kappa shape index (κ1) is 16.9. The van der Waals surface area contributed by atoms with Gasteiger partial charge >= 0.3 is 5.97 Å². The van der Waals surface area contributed by atoms with Crippen LogP contribution in [0.15, 0.2) is 29.8 Å². The number of hydrogen-bond acceptors (Lipinski definition) is 5. The van der Waals surface area contributed by atoms with E-state index in [1.165, 1.54) is 18.2 Å². The molecule has 0 aliphatic carbocycles. The molecule has 0 radical (unpaired) electrons. The molecule has 0 aromatic heterocycles. The number of ether oxygens (including phenoxy) is 1. The molecule has 2 heterocycles. The predicted octanol–water partition coefficient (Wildman–Crippen LogP) is 2.24. The van der Waals surface area contributed by atoms with Gasteiger partial charge in [0.2, 0.25) is 12.1 Å². The third kappa shape index (κ3) is 3.05. The maximum Gasteiger partial charge on any atom is 0.335 e. The summed E-state index contributed by atoms with van der Waals surface area (Å²) in [5.41, 5.74) is 1.22. The number of carbonyl (C=O) groups is 4. The maximum atomic E-state index is 12.6. The van der Waals surface area contributed by atoms with Gasteiger partial charge in [-0.05, 0) is 37.6 Å². The zero-order valence-corrected chi connectivity index (χ0v) is 14.0. The molecule has 1 N–H and O–H groups in total. The van der Waals surface area contributed by atoms with Crippen LogP contribution in [0.2, 0.25) is 0 Å². The third-order valence-electron chi connectivity index (χ3n) is 4.16. The Morgan fingerprint density at radius 2 is 1.92 bits per heavy atom. The third-order valence-corrected chi connectivity index (χ3v) is 4.16. The van der Waals surface area contributed by atoms with Gasteiger partial charge in [0.15, 0.2) is 0 Å². The van der Waals surface area contributed by atoms with Crippen molar-refractivity contribution in [3.8, 4) is 0 Å². The number of nitrogens with one attached hydrogen (secondary N) is 1. The van der Waals surface area contributed by atoms with Gasteiger partial charge < -0.3 is 10.1 Å². The normalized spacial score (nSPS) is 19.0. The molecule has 1 atom stereocenters. The number of nitrogens with zero attached hydrogens (tertiary/aromatic N) is 1. The fourth-order valence-electron chi connectivity index (χ4n) is 2.77. The lowest BCUT2D eigenvalue weighted by Crippen LogP contribution is -2.39. The number of esters is 1. The van der Waals surface area contributed by atoms with Gasteiger partial charge in [0.25, 0.3) is 11.8 Å². The lowest BCUT2D eigenvalue weighted by atomic mass is 10.1. The number of anilines is 1. The molecular formula is C18H18N2O5. The molecule has 1 aromatic rings. The van der Waals surface area contributed by atoms with Crippen molar-refractivity contribution in [1.82, 2.24) is 4.90 Å². The summed E-state index contributed by atoms with van der Waals surface area (Å²) in [5.74, 6) is -1.76. The lowest BCUT2D eigenvalue weighted by molar-refractivity contribution is -0.143. The Morgan fingerprint density at radius 1 is 1.20 bits per heavy atom. The van der Waals surface area contributed by atoms with Crippen molar-refractivity contribution >= 4 is 29.4 Å². The van der Waals surface area contributed by atoms with Crippen LogP contribution in [0.25, 0.3) is 0 Å². The van der Waals surface area contributed by atoms with E-state index in [1.807, 2.05) is 6.92 Å². The molecule has 3 rings (SSSR count). The van der Waals surface area contributed by atoms with E-state index in [0.717, 1.165) is 17.7 Å². The molecule has 7 heteroatoms. The Morgan fingerprint density at radius 3 is 2.56 bits per heavy atom. The molecule has 0 fully saturated rings. The predicted molar refractivity (Wildman–Crippen MR) is 88.7 cm³/mol. The molecule has 3 amide bonds. The van der Waals surface area contributed by atoms with Crippen molar-refractivity contribution in [1.29, 1.82) is 0 Å². The van der Waals surface area contributed by atoms with Crippen LogP contribution in [0.5, 0.6) is 0 Å². The highest BCUT2D eigenvalue weighted by molar-refractivity contribution is 6.22.